The summed E-state index contributed by atoms with van der Waals surface area (Å²) in [7, 11) is 3.24. The van der Waals surface area contributed by atoms with E-state index in [2.05, 4.69) is 54.7 Å². The molecule has 2 fully saturated rings. The lowest BCUT2D eigenvalue weighted by Crippen LogP contribution is -2.56. The van der Waals surface area contributed by atoms with E-state index >= 15 is 0 Å². The molecule has 0 saturated carbocycles. The van der Waals surface area contributed by atoms with E-state index < -0.39 is 71.7 Å². The average Bonchev–Trinajstić information content (AvgIpc) is 4.11. The minimum atomic E-state index is -1.21. The number of carbonyl (C=O) groups is 8. The first-order chi connectivity index (χ1) is 34.7. The first-order valence-electron chi connectivity index (χ1n) is 25.7. The summed E-state index contributed by atoms with van der Waals surface area (Å²) in [4.78, 5) is 112. The molecule has 8 amide bonds. The van der Waals surface area contributed by atoms with E-state index in [4.69, 9.17) is 0 Å². The Hall–Kier alpha value is -6.66. The highest BCUT2D eigenvalue weighted by Gasteiger charge is 2.41. The van der Waals surface area contributed by atoms with Crippen LogP contribution < -0.4 is 42.5 Å². The molecule has 0 bridgehead atoms. The second-order valence-corrected chi connectivity index (χ2v) is 19.6. The largest absolute Gasteiger partial charge is 0.352 e. The van der Waals surface area contributed by atoms with Crippen LogP contribution in [0.2, 0.25) is 0 Å². The van der Waals surface area contributed by atoms with Crippen LogP contribution in [0, 0.1) is 0 Å². The molecular weight excluding hydrogens is 917 g/mol. The highest BCUT2D eigenvalue weighted by atomic mass is 16.2. The van der Waals surface area contributed by atoms with Gasteiger partial charge in [0.05, 0.1) is 37.0 Å². The first-order valence-corrected chi connectivity index (χ1v) is 25.7. The van der Waals surface area contributed by atoms with Crippen molar-refractivity contribution in [2.75, 3.05) is 27.2 Å². The number of fused-ring (bicyclic) bond motifs is 2. The van der Waals surface area contributed by atoms with Crippen LogP contribution in [-0.2, 0) is 64.3 Å². The zero-order valence-electron chi connectivity index (χ0n) is 42.0. The van der Waals surface area contributed by atoms with E-state index in [9.17, 15) is 38.4 Å². The number of nitrogens with zero attached hydrogens (tertiary/aromatic N) is 2. The SMILES string of the molecule is CN[C@@H](C)C(=O)N[C@@H](CC(=O)NCc1ccc(CNC(=O)C[C@H](NC(=O)[C@H](C)NC)C(=O)N2CCC[C@H]2C(=O)N[C@@H]2CCCc3ccccc32)cc1)C(=O)N1CCC[C@H]1C(=O)N[C@@H]1CCCc2ccccc21. The monoisotopic (exact) mass is 989 g/mol. The predicted molar refractivity (Wildman–Crippen MR) is 270 cm³/mol. The molecule has 2 aliphatic carbocycles. The van der Waals surface area contributed by atoms with E-state index in [1.165, 1.54) is 20.9 Å². The van der Waals surface area contributed by atoms with Crippen molar-refractivity contribution in [2.24, 2.45) is 0 Å². The lowest BCUT2D eigenvalue weighted by molar-refractivity contribution is -0.143. The number of nitrogens with one attached hydrogen (secondary N) is 8. The number of benzene rings is 3. The highest BCUT2D eigenvalue weighted by Crippen LogP contribution is 2.32. The molecule has 72 heavy (non-hydrogen) atoms. The third-order valence-corrected chi connectivity index (χ3v) is 14.7. The zero-order valence-corrected chi connectivity index (χ0v) is 42.0. The fourth-order valence-electron chi connectivity index (χ4n) is 10.3. The molecule has 2 saturated heterocycles. The number of aryl methyl sites for hydroxylation is 2. The van der Waals surface area contributed by atoms with Gasteiger partial charge in [-0.15, -0.1) is 0 Å². The van der Waals surface area contributed by atoms with Gasteiger partial charge in [0.25, 0.3) is 0 Å². The smallest absolute Gasteiger partial charge is 0.246 e. The van der Waals surface area contributed by atoms with Gasteiger partial charge in [-0.25, -0.2) is 0 Å². The van der Waals surface area contributed by atoms with E-state index in [0.717, 1.165) is 60.8 Å². The third kappa shape index (κ3) is 13.4. The molecule has 386 valence electrons. The Bertz CT molecular complexity index is 2280. The molecule has 4 aliphatic rings. The lowest BCUT2D eigenvalue weighted by Gasteiger charge is -2.32. The quantitative estimate of drug-likeness (QED) is 0.0822. The van der Waals surface area contributed by atoms with Crippen LogP contribution in [0.1, 0.15) is 124 Å². The van der Waals surface area contributed by atoms with Crippen molar-refractivity contribution >= 4 is 47.3 Å². The number of rotatable bonds is 20. The van der Waals surface area contributed by atoms with Gasteiger partial charge in [-0.2, -0.15) is 0 Å². The van der Waals surface area contributed by atoms with Gasteiger partial charge in [-0.1, -0.05) is 72.8 Å². The van der Waals surface area contributed by atoms with Crippen molar-refractivity contribution in [2.45, 2.75) is 152 Å². The fourth-order valence-corrected chi connectivity index (χ4v) is 10.3. The maximum atomic E-state index is 14.2. The molecular formula is C54H72N10O8. The summed E-state index contributed by atoms with van der Waals surface area (Å²) in [6, 6.07) is 17.8. The highest BCUT2D eigenvalue weighted by molar-refractivity contribution is 5.97. The van der Waals surface area contributed by atoms with Crippen molar-refractivity contribution in [3.05, 3.63) is 106 Å². The van der Waals surface area contributed by atoms with Crippen LogP contribution in [-0.4, -0.2) is 120 Å². The molecule has 3 aromatic carbocycles. The summed E-state index contributed by atoms with van der Waals surface area (Å²) in [6.07, 6.45) is 6.85. The van der Waals surface area contributed by atoms with E-state index in [1.54, 1.807) is 52.2 Å². The van der Waals surface area contributed by atoms with Crippen molar-refractivity contribution in [1.29, 1.82) is 0 Å². The molecule has 0 unspecified atom stereocenters. The van der Waals surface area contributed by atoms with Crippen molar-refractivity contribution < 1.29 is 38.4 Å². The maximum Gasteiger partial charge on any atom is 0.246 e. The van der Waals surface area contributed by atoms with E-state index in [-0.39, 0.29) is 49.8 Å². The number of hydrogen-bond acceptors (Lipinski definition) is 10. The molecule has 2 heterocycles. The van der Waals surface area contributed by atoms with Crippen molar-refractivity contribution in [1.82, 2.24) is 52.3 Å². The number of amides is 8. The number of carbonyl (C=O) groups excluding carboxylic acids is 8. The Balaban J connectivity index is 0.918. The summed E-state index contributed by atoms with van der Waals surface area (Å²) in [5, 5.41) is 23.3. The van der Waals surface area contributed by atoms with Gasteiger partial charge in [0.1, 0.15) is 24.2 Å². The molecule has 0 spiro atoms. The summed E-state index contributed by atoms with van der Waals surface area (Å²) >= 11 is 0. The van der Waals surface area contributed by atoms with Crippen LogP contribution in [0.3, 0.4) is 0 Å². The standard InChI is InChI=1S/C54H72N10O8/c1-33(55-3)49(67)61-43(53(71)63-27-11-21-45(63)51(69)59-41-19-9-15-37-13-5-7-17-39(37)41)29-47(65)57-31-35-23-25-36(26-24-35)32-58-48(66)30-44(62-50(68)34(2)56-4)54(72)64-28-12-22-46(64)52(70)60-42-20-10-16-38-14-6-8-18-40(38)42/h5-8,13-14,17-18,23-26,33-34,41-46,55-56H,9-12,15-16,19-22,27-32H2,1-4H3,(H,57,65)(H,58,66)(H,59,69)(H,60,70)(H,61,67)(H,62,68)/t33-,34-,41+,42+,43-,44-,45-,46-/m0/s1. The Morgan fingerprint density at radius 2 is 0.917 bits per heavy atom. The van der Waals surface area contributed by atoms with E-state index in [0.29, 0.717) is 38.8 Å². The molecule has 8 N–H and O–H groups in total. The van der Waals surface area contributed by atoms with Crippen molar-refractivity contribution in [3.63, 3.8) is 0 Å². The summed E-state index contributed by atoms with van der Waals surface area (Å²) < 4.78 is 0. The second kappa shape index (κ2) is 25.1. The van der Waals surface area contributed by atoms with Crippen LogP contribution in [0.5, 0.6) is 0 Å². The molecule has 2 aliphatic heterocycles. The average molecular weight is 989 g/mol. The Kier molecular flexibility index (Phi) is 18.6. The van der Waals surface area contributed by atoms with Gasteiger partial charge in [0, 0.05) is 26.2 Å². The first kappa shape index (κ1) is 53.1. The molecule has 0 radical (unpaired) electrons. The van der Waals surface area contributed by atoms with Gasteiger partial charge in [0.2, 0.25) is 47.3 Å². The minimum Gasteiger partial charge on any atom is -0.352 e. The Labute approximate surface area is 422 Å². The summed E-state index contributed by atoms with van der Waals surface area (Å²) in [5.41, 5.74) is 6.06. The lowest BCUT2D eigenvalue weighted by atomic mass is 9.87. The maximum absolute atomic E-state index is 14.2. The van der Waals surface area contributed by atoms with Crippen LogP contribution in [0.4, 0.5) is 0 Å². The number of hydrogen-bond donors (Lipinski definition) is 8. The zero-order chi connectivity index (χ0) is 51.3. The Morgan fingerprint density at radius 1 is 0.528 bits per heavy atom. The minimum absolute atomic E-state index is 0.114. The summed E-state index contributed by atoms with van der Waals surface area (Å²) in [6.45, 7) is 4.17. The molecule has 0 aromatic heterocycles. The third-order valence-electron chi connectivity index (χ3n) is 14.7. The van der Waals surface area contributed by atoms with Gasteiger partial charge in [0.15, 0.2) is 0 Å². The van der Waals surface area contributed by atoms with Gasteiger partial charge in [-0.3, -0.25) is 38.4 Å². The van der Waals surface area contributed by atoms with Crippen LogP contribution in [0.25, 0.3) is 0 Å². The van der Waals surface area contributed by atoms with Crippen molar-refractivity contribution in [3.8, 4) is 0 Å². The molecule has 3 aromatic rings. The second-order valence-electron chi connectivity index (χ2n) is 19.6. The Morgan fingerprint density at radius 3 is 1.31 bits per heavy atom. The normalized spacial score (nSPS) is 20.9. The van der Waals surface area contributed by atoms with E-state index in [1.807, 2.05) is 36.4 Å². The molecule has 18 nitrogen and oxygen atoms in total. The summed E-state index contributed by atoms with van der Waals surface area (Å²) in [5.74, 6) is -3.35. The fraction of sp³-hybridized carbons (Fsp3) is 0.519. The topological polar surface area (TPSA) is 239 Å². The number of likely N-dealkylation sites (tertiary alicyclic amines) is 2. The van der Waals surface area contributed by atoms with Crippen LogP contribution in [0.15, 0.2) is 72.8 Å². The predicted octanol–water partition coefficient (Wildman–Crippen LogP) is 2.25. The molecule has 18 heteroatoms. The van der Waals surface area contributed by atoms with Crippen LogP contribution >= 0.6 is 0 Å². The van der Waals surface area contributed by atoms with Gasteiger partial charge >= 0.3 is 0 Å². The number of likely N-dealkylation sites (N-methyl/N-ethyl adjacent to an activating group) is 2. The van der Waals surface area contributed by atoms with Gasteiger partial charge in [-0.05, 0) is 126 Å². The molecule has 8 atom stereocenters. The molecule has 7 rings (SSSR count). The van der Waals surface area contributed by atoms with Gasteiger partial charge < -0.3 is 52.3 Å².